The minimum atomic E-state index is 0.00244. The molecule has 1 aliphatic rings. The van der Waals surface area contributed by atoms with E-state index in [0.717, 1.165) is 31.5 Å². The van der Waals surface area contributed by atoms with Crippen LogP contribution < -0.4 is 11.1 Å². The molecule has 0 saturated carbocycles. The Kier molecular flexibility index (Phi) is 5.09. The lowest BCUT2D eigenvalue weighted by Crippen LogP contribution is -2.47. The number of hydrogen-bond donors (Lipinski definition) is 2. The van der Waals surface area contributed by atoms with E-state index in [1.807, 2.05) is 19.2 Å². The highest BCUT2D eigenvalue weighted by Crippen LogP contribution is 2.28. The second-order valence-electron chi connectivity index (χ2n) is 5.54. The van der Waals surface area contributed by atoms with Gasteiger partial charge in [-0.3, -0.25) is 14.7 Å². The second kappa shape index (κ2) is 6.81. The smallest absolute Gasteiger partial charge is 0.224 e. The summed E-state index contributed by atoms with van der Waals surface area (Å²) in [4.78, 5) is 18.4. The molecule has 0 aromatic carbocycles. The Balaban J connectivity index is 2.16. The highest BCUT2D eigenvalue weighted by atomic mass is 16.1. The maximum absolute atomic E-state index is 11.9. The summed E-state index contributed by atoms with van der Waals surface area (Å²) in [5.74, 6) is 0.191. The van der Waals surface area contributed by atoms with Gasteiger partial charge >= 0.3 is 0 Å². The Labute approximate surface area is 120 Å². The first kappa shape index (κ1) is 14.9. The van der Waals surface area contributed by atoms with E-state index in [2.05, 4.69) is 21.3 Å². The van der Waals surface area contributed by atoms with Gasteiger partial charge in [0.15, 0.2) is 0 Å². The molecule has 110 valence electrons. The van der Waals surface area contributed by atoms with Gasteiger partial charge in [0.1, 0.15) is 0 Å². The highest BCUT2D eigenvalue weighted by molar-refractivity contribution is 5.78. The molecule has 1 fully saturated rings. The molecule has 0 spiro atoms. The number of rotatable bonds is 4. The minimum Gasteiger partial charge on any atom is -0.359 e. The number of hydrogen-bond acceptors (Lipinski definition) is 4. The second-order valence-corrected chi connectivity index (χ2v) is 5.54. The maximum Gasteiger partial charge on any atom is 0.224 e. The summed E-state index contributed by atoms with van der Waals surface area (Å²) in [6, 6.07) is 4.12. The molecule has 2 rings (SSSR count). The van der Waals surface area contributed by atoms with E-state index in [-0.39, 0.29) is 23.9 Å². The lowest BCUT2D eigenvalue weighted by Gasteiger charge is -2.39. The van der Waals surface area contributed by atoms with E-state index >= 15 is 0 Å². The van der Waals surface area contributed by atoms with Crippen LogP contribution in [0.25, 0.3) is 0 Å². The van der Waals surface area contributed by atoms with Crippen molar-refractivity contribution in [3.05, 3.63) is 30.1 Å². The number of nitrogens with zero attached hydrogens (tertiary/aromatic N) is 2. The molecule has 5 nitrogen and oxygen atoms in total. The van der Waals surface area contributed by atoms with E-state index in [1.165, 1.54) is 0 Å². The van der Waals surface area contributed by atoms with E-state index in [4.69, 9.17) is 5.73 Å². The number of nitrogens with one attached hydrogen (secondary N) is 1. The molecule has 1 aromatic heterocycles. The van der Waals surface area contributed by atoms with E-state index in [1.54, 1.807) is 13.2 Å². The van der Waals surface area contributed by atoms with Crippen LogP contribution in [0.3, 0.4) is 0 Å². The van der Waals surface area contributed by atoms with Crippen molar-refractivity contribution < 1.29 is 4.79 Å². The van der Waals surface area contributed by atoms with Crippen molar-refractivity contribution in [1.29, 1.82) is 0 Å². The van der Waals surface area contributed by atoms with Crippen LogP contribution in [0.2, 0.25) is 0 Å². The molecule has 1 amide bonds. The Morgan fingerprint density at radius 3 is 3.00 bits per heavy atom. The summed E-state index contributed by atoms with van der Waals surface area (Å²) in [6.45, 7) is 3.76. The number of carbonyl (C=O) groups is 1. The Hall–Kier alpha value is -1.46. The van der Waals surface area contributed by atoms with Gasteiger partial charge in [0.25, 0.3) is 0 Å². The predicted molar refractivity (Wildman–Crippen MR) is 79.0 cm³/mol. The van der Waals surface area contributed by atoms with Gasteiger partial charge in [-0.05, 0) is 37.9 Å². The number of piperidine rings is 1. The molecule has 20 heavy (non-hydrogen) atoms. The van der Waals surface area contributed by atoms with Crippen molar-refractivity contribution in [3.8, 4) is 0 Å². The molecule has 2 heterocycles. The van der Waals surface area contributed by atoms with Gasteiger partial charge in [0, 0.05) is 32.0 Å². The standard InChI is InChI=1S/C15H24N4O/c1-11(16)14(12-5-3-7-18-9-12)19-8-4-6-13(10-19)15(20)17-2/h3,5,7,9,11,13-14H,4,6,8,10,16H2,1-2H3,(H,17,20). The number of aromatic nitrogens is 1. The van der Waals surface area contributed by atoms with Crippen molar-refractivity contribution in [1.82, 2.24) is 15.2 Å². The fourth-order valence-corrected chi connectivity index (χ4v) is 3.08. The SMILES string of the molecule is CNC(=O)C1CCCN(C(c2cccnc2)C(C)N)C1. The molecular formula is C15H24N4O. The molecule has 1 saturated heterocycles. The first-order valence-corrected chi connectivity index (χ1v) is 7.24. The molecule has 3 atom stereocenters. The number of carbonyl (C=O) groups excluding carboxylic acids is 1. The van der Waals surface area contributed by atoms with Gasteiger partial charge in [-0.15, -0.1) is 0 Å². The molecule has 0 aliphatic carbocycles. The summed E-state index contributed by atoms with van der Waals surface area (Å²) in [6.07, 6.45) is 5.62. The zero-order chi connectivity index (χ0) is 14.5. The fraction of sp³-hybridized carbons (Fsp3) is 0.600. The average molecular weight is 276 g/mol. The van der Waals surface area contributed by atoms with Gasteiger partial charge < -0.3 is 11.1 Å². The quantitative estimate of drug-likeness (QED) is 0.858. The Morgan fingerprint density at radius 1 is 1.60 bits per heavy atom. The summed E-state index contributed by atoms with van der Waals surface area (Å²) in [7, 11) is 1.70. The van der Waals surface area contributed by atoms with Crippen molar-refractivity contribution in [2.45, 2.75) is 31.8 Å². The number of pyridine rings is 1. The van der Waals surface area contributed by atoms with Crippen molar-refractivity contribution >= 4 is 5.91 Å². The van der Waals surface area contributed by atoms with Crippen LogP contribution in [-0.2, 0) is 4.79 Å². The lowest BCUT2D eigenvalue weighted by atomic mass is 9.92. The third kappa shape index (κ3) is 3.35. The largest absolute Gasteiger partial charge is 0.359 e. The average Bonchev–Trinajstić information content (AvgIpc) is 2.47. The van der Waals surface area contributed by atoms with Crippen LogP contribution in [0.1, 0.15) is 31.4 Å². The molecule has 5 heteroatoms. The minimum absolute atomic E-state index is 0.00244. The molecule has 1 aliphatic heterocycles. The van der Waals surface area contributed by atoms with E-state index in [0.29, 0.717) is 0 Å². The van der Waals surface area contributed by atoms with Gasteiger partial charge in [0.05, 0.1) is 12.0 Å². The van der Waals surface area contributed by atoms with Crippen LogP contribution in [0.5, 0.6) is 0 Å². The van der Waals surface area contributed by atoms with Crippen LogP contribution in [0.4, 0.5) is 0 Å². The van der Waals surface area contributed by atoms with Crippen LogP contribution in [0.15, 0.2) is 24.5 Å². The fourth-order valence-electron chi connectivity index (χ4n) is 3.08. The normalized spacial score (nSPS) is 23.1. The van der Waals surface area contributed by atoms with Crippen LogP contribution in [-0.4, -0.2) is 42.0 Å². The van der Waals surface area contributed by atoms with E-state index in [9.17, 15) is 4.79 Å². The Morgan fingerprint density at radius 2 is 2.40 bits per heavy atom. The lowest BCUT2D eigenvalue weighted by molar-refractivity contribution is -0.126. The van der Waals surface area contributed by atoms with Crippen LogP contribution >= 0.6 is 0 Å². The van der Waals surface area contributed by atoms with Crippen molar-refractivity contribution in [2.75, 3.05) is 20.1 Å². The molecule has 3 unspecified atom stereocenters. The predicted octanol–water partition coefficient (Wildman–Crippen LogP) is 0.928. The number of nitrogens with two attached hydrogens (primary N) is 1. The third-order valence-electron chi connectivity index (χ3n) is 3.99. The third-order valence-corrected chi connectivity index (χ3v) is 3.99. The molecule has 0 radical (unpaired) electrons. The monoisotopic (exact) mass is 276 g/mol. The van der Waals surface area contributed by atoms with Crippen LogP contribution in [0, 0.1) is 5.92 Å². The number of likely N-dealkylation sites (tertiary alicyclic amines) is 1. The first-order valence-electron chi connectivity index (χ1n) is 7.24. The summed E-state index contributed by atoms with van der Waals surface area (Å²) < 4.78 is 0. The van der Waals surface area contributed by atoms with Crippen molar-refractivity contribution in [2.24, 2.45) is 11.7 Å². The molecular weight excluding hydrogens is 252 g/mol. The number of amides is 1. The van der Waals surface area contributed by atoms with Gasteiger partial charge in [0.2, 0.25) is 5.91 Å². The summed E-state index contributed by atoms with van der Waals surface area (Å²) in [5, 5.41) is 2.75. The Bertz CT molecular complexity index is 435. The summed E-state index contributed by atoms with van der Waals surface area (Å²) in [5.41, 5.74) is 7.31. The zero-order valence-electron chi connectivity index (χ0n) is 12.2. The van der Waals surface area contributed by atoms with Gasteiger partial charge in [-0.25, -0.2) is 0 Å². The zero-order valence-corrected chi connectivity index (χ0v) is 12.2. The van der Waals surface area contributed by atoms with Crippen molar-refractivity contribution in [3.63, 3.8) is 0 Å². The van der Waals surface area contributed by atoms with Gasteiger partial charge in [-0.2, -0.15) is 0 Å². The summed E-state index contributed by atoms with van der Waals surface area (Å²) >= 11 is 0. The molecule has 3 N–H and O–H groups in total. The molecule has 1 aromatic rings. The maximum atomic E-state index is 11.9. The topological polar surface area (TPSA) is 71.2 Å². The molecule has 0 bridgehead atoms. The van der Waals surface area contributed by atoms with E-state index < -0.39 is 0 Å². The first-order chi connectivity index (χ1) is 9.63. The van der Waals surface area contributed by atoms with Gasteiger partial charge in [-0.1, -0.05) is 6.07 Å². The highest BCUT2D eigenvalue weighted by Gasteiger charge is 2.31.